The molecular formula is C16H17BrFNO. The van der Waals surface area contributed by atoms with Crippen LogP contribution in [0.25, 0.3) is 0 Å². The molecule has 0 amide bonds. The Bertz CT molecular complexity index is 568. The van der Waals surface area contributed by atoms with E-state index in [1.165, 1.54) is 12.1 Å². The lowest BCUT2D eigenvalue weighted by atomic mass is 10.0. The van der Waals surface area contributed by atoms with Crippen LogP contribution in [0.2, 0.25) is 0 Å². The van der Waals surface area contributed by atoms with Crippen LogP contribution < -0.4 is 10.5 Å². The van der Waals surface area contributed by atoms with Crippen LogP contribution in [0.1, 0.15) is 30.5 Å². The molecule has 2 aromatic carbocycles. The molecule has 2 aromatic rings. The van der Waals surface area contributed by atoms with E-state index in [4.69, 9.17) is 10.5 Å². The maximum atomic E-state index is 13.3. The van der Waals surface area contributed by atoms with Gasteiger partial charge in [0.25, 0.3) is 0 Å². The third-order valence-corrected chi connectivity index (χ3v) is 3.53. The van der Waals surface area contributed by atoms with E-state index in [1.807, 2.05) is 37.3 Å². The van der Waals surface area contributed by atoms with E-state index in [2.05, 4.69) is 15.9 Å². The quantitative estimate of drug-likeness (QED) is 0.866. The van der Waals surface area contributed by atoms with Crippen LogP contribution in [-0.2, 0) is 6.61 Å². The Balaban J connectivity index is 2.14. The van der Waals surface area contributed by atoms with Gasteiger partial charge in [-0.25, -0.2) is 4.39 Å². The predicted octanol–water partition coefficient (Wildman–Crippen LogP) is 4.58. The molecule has 20 heavy (non-hydrogen) atoms. The maximum absolute atomic E-state index is 13.3. The summed E-state index contributed by atoms with van der Waals surface area (Å²) in [6, 6.07) is 12.4. The number of para-hydroxylation sites is 1. The molecule has 2 rings (SSSR count). The molecule has 106 valence electrons. The van der Waals surface area contributed by atoms with Gasteiger partial charge in [-0.1, -0.05) is 41.1 Å². The fourth-order valence-electron chi connectivity index (χ4n) is 1.99. The van der Waals surface area contributed by atoms with Crippen molar-refractivity contribution in [1.82, 2.24) is 0 Å². The zero-order valence-corrected chi connectivity index (χ0v) is 12.9. The Hall–Kier alpha value is -1.39. The minimum atomic E-state index is -0.281. The zero-order valence-electron chi connectivity index (χ0n) is 11.3. The molecule has 0 aliphatic carbocycles. The highest BCUT2D eigenvalue weighted by atomic mass is 79.9. The second-order valence-electron chi connectivity index (χ2n) is 4.62. The summed E-state index contributed by atoms with van der Waals surface area (Å²) < 4.78 is 19.8. The van der Waals surface area contributed by atoms with Gasteiger partial charge < -0.3 is 10.5 Å². The molecule has 0 heterocycles. The summed E-state index contributed by atoms with van der Waals surface area (Å²) in [5, 5.41) is 0. The lowest BCUT2D eigenvalue weighted by Crippen LogP contribution is -2.10. The van der Waals surface area contributed by atoms with E-state index in [0.717, 1.165) is 23.3 Å². The van der Waals surface area contributed by atoms with Crippen molar-refractivity contribution in [3.8, 4) is 5.75 Å². The highest BCUT2D eigenvalue weighted by Gasteiger charge is 2.10. The molecule has 1 atom stereocenters. The van der Waals surface area contributed by atoms with Crippen molar-refractivity contribution in [2.24, 2.45) is 5.73 Å². The number of hydrogen-bond donors (Lipinski definition) is 1. The van der Waals surface area contributed by atoms with E-state index in [9.17, 15) is 4.39 Å². The summed E-state index contributed by atoms with van der Waals surface area (Å²) in [7, 11) is 0. The Morgan fingerprint density at radius 2 is 2.00 bits per heavy atom. The summed E-state index contributed by atoms with van der Waals surface area (Å²) >= 11 is 3.27. The lowest BCUT2D eigenvalue weighted by molar-refractivity contribution is 0.300. The molecule has 0 fully saturated rings. The first kappa shape index (κ1) is 15.0. The van der Waals surface area contributed by atoms with Crippen molar-refractivity contribution >= 4 is 15.9 Å². The second-order valence-corrected chi connectivity index (χ2v) is 5.53. The van der Waals surface area contributed by atoms with E-state index in [-0.39, 0.29) is 11.9 Å². The van der Waals surface area contributed by atoms with Crippen molar-refractivity contribution in [3.05, 3.63) is 63.9 Å². The summed E-state index contributed by atoms with van der Waals surface area (Å²) in [5.41, 5.74) is 7.82. The van der Waals surface area contributed by atoms with Crippen LogP contribution in [-0.4, -0.2) is 0 Å². The van der Waals surface area contributed by atoms with Gasteiger partial charge in [-0.3, -0.25) is 0 Å². The Labute approximate surface area is 126 Å². The van der Waals surface area contributed by atoms with E-state index in [1.54, 1.807) is 0 Å². The normalized spacial score (nSPS) is 12.2. The summed E-state index contributed by atoms with van der Waals surface area (Å²) in [6.45, 7) is 2.34. The molecule has 0 aliphatic rings. The van der Waals surface area contributed by atoms with Crippen molar-refractivity contribution in [2.75, 3.05) is 0 Å². The van der Waals surface area contributed by atoms with E-state index < -0.39 is 0 Å². The third kappa shape index (κ3) is 3.81. The summed E-state index contributed by atoms with van der Waals surface area (Å²) in [4.78, 5) is 0. The lowest BCUT2D eigenvalue weighted by Gasteiger charge is -2.15. The monoisotopic (exact) mass is 337 g/mol. The minimum absolute atomic E-state index is 0.0505. The van der Waals surface area contributed by atoms with E-state index >= 15 is 0 Å². The molecule has 0 spiro atoms. The number of hydrogen-bond acceptors (Lipinski definition) is 2. The average molecular weight is 338 g/mol. The third-order valence-electron chi connectivity index (χ3n) is 3.07. The number of ether oxygens (including phenoxy) is 1. The van der Waals surface area contributed by atoms with Crippen molar-refractivity contribution in [1.29, 1.82) is 0 Å². The zero-order chi connectivity index (χ0) is 14.5. The van der Waals surface area contributed by atoms with Gasteiger partial charge in [-0.15, -0.1) is 0 Å². The van der Waals surface area contributed by atoms with Crippen molar-refractivity contribution < 1.29 is 9.13 Å². The van der Waals surface area contributed by atoms with Crippen LogP contribution in [0, 0.1) is 5.82 Å². The fourth-order valence-corrected chi connectivity index (χ4v) is 2.51. The van der Waals surface area contributed by atoms with Gasteiger partial charge in [-0.05, 0) is 36.2 Å². The first-order valence-corrected chi connectivity index (χ1v) is 7.31. The molecule has 2 N–H and O–H groups in total. The van der Waals surface area contributed by atoms with E-state index in [0.29, 0.717) is 11.1 Å². The van der Waals surface area contributed by atoms with Crippen LogP contribution in [0.4, 0.5) is 4.39 Å². The molecular weight excluding hydrogens is 321 g/mol. The highest BCUT2D eigenvalue weighted by molar-refractivity contribution is 9.10. The van der Waals surface area contributed by atoms with Gasteiger partial charge in [0.15, 0.2) is 0 Å². The Kier molecular flexibility index (Phi) is 5.15. The minimum Gasteiger partial charge on any atom is -0.489 e. The van der Waals surface area contributed by atoms with Gasteiger partial charge >= 0.3 is 0 Å². The summed E-state index contributed by atoms with van der Waals surface area (Å²) in [6.07, 6.45) is 0.839. The predicted molar refractivity (Wildman–Crippen MR) is 82.1 cm³/mol. The second kappa shape index (κ2) is 6.86. The van der Waals surface area contributed by atoms with Crippen LogP contribution in [0.3, 0.4) is 0 Å². The first-order valence-electron chi connectivity index (χ1n) is 6.52. The Morgan fingerprint density at radius 3 is 2.70 bits per heavy atom. The molecule has 2 nitrogen and oxygen atoms in total. The smallest absolute Gasteiger partial charge is 0.124 e. The van der Waals surface area contributed by atoms with Gasteiger partial charge in [-0.2, -0.15) is 0 Å². The van der Waals surface area contributed by atoms with Crippen LogP contribution >= 0.6 is 15.9 Å². The average Bonchev–Trinajstić information content (AvgIpc) is 2.43. The SMILES string of the molecule is CCC(N)c1ccccc1OCc1cc(F)cc(Br)c1. The number of halogens is 2. The maximum Gasteiger partial charge on any atom is 0.124 e. The molecule has 0 radical (unpaired) electrons. The fraction of sp³-hybridized carbons (Fsp3) is 0.250. The van der Waals surface area contributed by atoms with Crippen molar-refractivity contribution in [2.45, 2.75) is 26.0 Å². The standard InChI is InChI=1S/C16H17BrFNO/c1-2-15(19)14-5-3-4-6-16(14)20-10-11-7-12(17)9-13(18)8-11/h3-9,15H,2,10,19H2,1H3. The molecule has 0 aliphatic heterocycles. The Morgan fingerprint density at radius 1 is 1.25 bits per heavy atom. The van der Waals surface area contributed by atoms with Gasteiger partial charge in [0.2, 0.25) is 0 Å². The van der Waals surface area contributed by atoms with Gasteiger partial charge in [0, 0.05) is 16.1 Å². The van der Waals surface area contributed by atoms with Crippen molar-refractivity contribution in [3.63, 3.8) is 0 Å². The number of rotatable bonds is 5. The van der Waals surface area contributed by atoms with Crippen LogP contribution in [0.15, 0.2) is 46.9 Å². The first-order chi connectivity index (χ1) is 9.60. The molecule has 4 heteroatoms. The summed E-state index contributed by atoms with van der Waals surface area (Å²) in [5.74, 6) is 0.471. The van der Waals surface area contributed by atoms with Gasteiger partial charge in [0.1, 0.15) is 18.2 Å². The largest absolute Gasteiger partial charge is 0.489 e. The molecule has 1 unspecified atom stereocenters. The number of benzene rings is 2. The molecule has 0 aromatic heterocycles. The number of nitrogens with two attached hydrogens (primary N) is 1. The van der Waals surface area contributed by atoms with Gasteiger partial charge in [0.05, 0.1) is 0 Å². The highest BCUT2D eigenvalue weighted by Crippen LogP contribution is 2.26. The molecule has 0 saturated carbocycles. The molecule has 0 saturated heterocycles. The van der Waals surface area contributed by atoms with Crippen LogP contribution in [0.5, 0.6) is 5.75 Å². The molecule has 0 bridgehead atoms. The topological polar surface area (TPSA) is 35.2 Å².